The van der Waals surface area contributed by atoms with Gasteiger partial charge in [-0.05, 0) is 37.9 Å². The maximum Gasteiger partial charge on any atom is 0.283 e. The Morgan fingerprint density at radius 2 is 2.00 bits per heavy atom. The number of halogens is 2. The van der Waals surface area contributed by atoms with E-state index in [-0.39, 0.29) is 5.69 Å². The van der Waals surface area contributed by atoms with Crippen molar-refractivity contribution >= 4 is 50.2 Å². The first-order valence-corrected chi connectivity index (χ1v) is 4.88. The number of nitrogens with zero attached hydrogens (tertiary/aromatic N) is 1. The zero-order chi connectivity index (χ0) is 9.30. The van der Waals surface area contributed by atoms with Gasteiger partial charge < -0.3 is 0 Å². The highest BCUT2D eigenvalue weighted by atomic mass is 79.9. The molecule has 6 heteroatoms. The van der Waals surface area contributed by atoms with Crippen LogP contribution in [-0.2, 0) is 0 Å². The summed E-state index contributed by atoms with van der Waals surface area (Å²) in [5, 5.41) is 10.4. The summed E-state index contributed by atoms with van der Waals surface area (Å²) in [7, 11) is 0. The van der Waals surface area contributed by atoms with E-state index in [2.05, 4.69) is 44.5 Å². The summed E-state index contributed by atoms with van der Waals surface area (Å²) >= 11 is 10.4. The molecule has 0 aliphatic heterocycles. The number of benzene rings is 1. The molecule has 0 heterocycles. The van der Waals surface area contributed by atoms with Crippen LogP contribution in [0.5, 0.6) is 0 Å². The summed E-state index contributed by atoms with van der Waals surface area (Å²) in [4.78, 5) is 10.3. The molecule has 0 aromatic heterocycles. The summed E-state index contributed by atoms with van der Waals surface area (Å²) in [6.07, 6.45) is 0. The lowest BCUT2D eigenvalue weighted by atomic mass is 10.3. The second kappa shape index (κ2) is 3.76. The summed E-state index contributed by atoms with van der Waals surface area (Å²) < 4.78 is 1.35. The van der Waals surface area contributed by atoms with Gasteiger partial charge in [-0.2, -0.15) is 0 Å². The fourth-order valence-corrected chi connectivity index (χ4v) is 1.77. The average Bonchev–Trinajstić information content (AvgIpc) is 2.00. The van der Waals surface area contributed by atoms with Crippen molar-refractivity contribution in [3.05, 3.63) is 31.2 Å². The normalized spacial score (nSPS) is 9.92. The van der Waals surface area contributed by atoms with Crippen LogP contribution >= 0.6 is 44.5 Å². The van der Waals surface area contributed by atoms with Crippen LogP contribution in [0.3, 0.4) is 0 Å². The first-order chi connectivity index (χ1) is 5.54. The molecule has 12 heavy (non-hydrogen) atoms. The summed E-state index contributed by atoms with van der Waals surface area (Å²) in [6.45, 7) is 0. The predicted octanol–water partition coefficient (Wildman–Crippen LogP) is 3.41. The van der Waals surface area contributed by atoms with Crippen LogP contribution in [0.25, 0.3) is 0 Å². The lowest BCUT2D eigenvalue weighted by molar-refractivity contribution is -0.387. The first kappa shape index (κ1) is 10.0. The molecule has 0 aliphatic rings. The minimum atomic E-state index is -0.473. The molecular weight excluding hydrogens is 310 g/mol. The lowest BCUT2D eigenvalue weighted by Gasteiger charge is -2.00. The van der Waals surface area contributed by atoms with Crippen LogP contribution in [0.1, 0.15) is 0 Å². The van der Waals surface area contributed by atoms with E-state index in [0.717, 1.165) is 4.47 Å². The van der Waals surface area contributed by atoms with E-state index in [1.165, 1.54) is 6.07 Å². The third kappa shape index (κ3) is 1.81. The van der Waals surface area contributed by atoms with Gasteiger partial charge in [-0.15, -0.1) is 12.6 Å². The molecule has 0 saturated heterocycles. The van der Waals surface area contributed by atoms with E-state index in [1.54, 1.807) is 6.07 Å². The molecule has 64 valence electrons. The second-order valence-corrected chi connectivity index (χ2v) is 4.08. The molecule has 0 radical (unpaired) electrons. The molecule has 0 amide bonds. The van der Waals surface area contributed by atoms with E-state index in [9.17, 15) is 10.1 Å². The van der Waals surface area contributed by atoms with Gasteiger partial charge in [0, 0.05) is 10.5 Å². The number of hydrogen-bond acceptors (Lipinski definition) is 3. The minimum Gasteiger partial charge on any atom is -0.258 e. The first-order valence-electron chi connectivity index (χ1n) is 2.85. The van der Waals surface area contributed by atoms with Gasteiger partial charge in [-0.25, -0.2) is 0 Å². The zero-order valence-corrected chi connectivity index (χ0v) is 9.69. The molecule has 3 nitrogen and oxygen atoms in total. The summed E-state index contributed by atoms with van der Waals surface area (Å²) in [6, 6.07) is 3.00. The monoisotopic (exact) mass is 311 g/mol. The molecule has 0 unspecified atom stereocenters. The quantitative estimate of drug-likeness (QED) is 0.490. The number of rotatable bonds is 1. The molecular formula is C6H3Br2NO2S. The van der Waals surface area contributed by atoms with Crippen molar-refractivity contribution < 1.29 is 4.92 Å². The van der Waals surface area contributed by atoms with E-state index >= 15 is 0 Å². The number of nitro groups is 1. The highest BCUT2D eigenvalue weighted by Gasteiger charge is 2.14. The molecule has 0 bridgehead atoms. The smallest absolute Gasteiger partial charge is 0.258 e. The molecule has 0 saturated carbocycles. The Hall–Kier alpha value is -0.0700. The van der Waals surface area contributed by atoms with E-state index < -0.39 is 4.92 Å². The van der Waals surface area contributed by atoms with Crippen molar-refractivity contribution in [2.24, 2.45) is 0 Å². The molecule has 0 N–H and O–H groups in total. The van der Waals surface area contributed by atoms with Crippen molar-refractivity contribution in [3.63, 3.8) is 0 Å². The number of hydrogen-bond donors (Lipinski definition) is 1. The van der Waals surface area contributed by atoms with Crippen LogP contribution in [-0.4, -0.2) is 4.92 Å². The maximum absolute atomic E-state index is 10.4. The maximum atomic E-state index is 10.4. The summed E-state index contributed by atoms with van der Waals surface area (Å²) in [5.74, 6) is 0. The molecule has 0 aliphatic carbocycles. The van der Waals surface area contributed by atoms with Gasteiger partial charge in [0.1, 0.15) is 0 Å². The average molecular weight is 313 g/mol. The molecule has 0 atom stereocenters. The third-order valence-corrected chi connectivity index (χ3v) is 4.02. The Balaban J connectivity index is 3.36. The van der Waals surface area contributed by atoms with Gasteiger partial charge in [0.25, 0.3) is 5.69 Å². The fraction of sp³-hybridized carbons (Fsp3) is 0. The lowest BCUT2D eigenvalue weighted by Crippen LogP contribution is -1.90. The standard InChI is InChI=1S/C6H3Br2NO2S/c7-3-1-2-4(9(10)11)6(12)5(3)8/h1-2,12H. The Morgan fingerprint density at radius 3 is 2.50 bits per heavy atom. The van der Waals surface area contributed by atoms with E-state index in [1.807, 2.05) is 0 Å². The molecule has 0 spiro atoms. The van der Waals surface area contributed by atoms with Gasteiger partial charge in [-0.3, -0.25) is 10.1 Å². The predicted molar refractivity (Wildman–Crippen MR) is 55.7 cm³/mol. The van der Waals surface area contributed by atoms with Crippen molar-refractivity contribution in [1.82, 2.24) is 0 Å². The Labute approximate surface area is 91.0 Å². The van der Waals surface area contributed by atoms with Crippen LogP contribution in [0.2, 0.25) is 0 Å². The van der Waals surface area contributed by atoms with Gasteiger partial charge in [0.05, 0.1) is 14.3 Å². The zero-order valence-electron chi connectivity index (χ0n) is 5.62. The Kier molecular flexibility index (Phi) is 3.14. The Morgan fingerprint density at radius 1 is 1.42 bits per heavy atom. The van der Waals surface area contributed by atoms with Crippen LogP contribution in [0, 0.1) is 10.1 Å². The minimum absolute atomic E-state index is 0.00610. The van der Waals surface area contributed by atoms with E-state index in [0.29, 0.717) is 9.37 Å². The highest BCUT2D eigenvalue weighted by Crippen LogP contribution is 2.35. The van der Waals surface area contributed by atoms with Crippen molar-refractivity contribution in [2.45, 2.75) is 4.90 Å². The van der Waals surface area contributed by atoms with Gasteiger partial charge in [0.15, 0.2) is 0 Å². The van der Waals surface area contributed by atoms with Gasteiger partial charge >= 0.3 is 0 Å². The SMILES string of the molecule is O=[N+]([O-])c1ccc(Br)c(Br)c1S. The van der Waals surface area contributed by atoms with Crippen LogP contribution < -0.4 is 0 Å². The van der Waals surface area contributed by atoms with Crippen LogP contribution in [0.4, 0.5) is 5.69 Å². The molecule has 1 aromatic rings. The molecule has 0 fully saturated rings. The van der Waals surface area contributed by atoms with Crippen molar-refractivity contribution in [2.75, 3.05) is 0 Å². The molecule has 1 rings (SSSR count). The highest BCUT2D eigenvalue weighted by molar-refractivity contribution is 9.13. The summed E-state index contributed by atoms with van der Waals surface area (Å²) in [5.41, 5.74) is -0.00610. The van der Waals surface area contributed by atoms with Crippen LogP contribution in [0.15, 0.2) is 26.0 Å². The third-order valence-electron chi connectivity index (χ3n) is 1.24. The molecule has 1 aromatic carbocycles. The van der Waals surface area contributed by atoms with Gasteiger partial charge in [0.2, 0.25) is 0 Å². The Bertz CT molecular complexity index is 343. The number of nitro benzene ring substituents is 1. The number of thiol groups is 1. The van der Waals surface area contributed by atoms with E-state index in [4.69, 9.17) is 0 Å². The van der Waals surface area contributed by atoms with Crippen molar-refractivity contribution in [3.8, 4) is 0 Å². The largest absolute Gasteiger partial charge is 0.283 e. The van der Waals surface area contributed by atoms with Crippen molar-refractivity contribution in [1.29, 1.82) is 0 Å². The van der Waals surface area contributed by atoms with Gasteiger partial charge in [-0.1, -0.05) is 0 Å². The second-order valence-electron chi connectivity index (χ2n) is 1.99. The topological polar surface area (TPSA) is 43.1 Å². The fourth-order valence-electron chi connectivity index (χ4n) is 0.677.